The highest BCUT2D eigenvalue weighted by atomic mass is 16.6. The molecule has 2 N–H and O–H groups in total. The molecule has 0 aromatic rings. The summed E-state index contributed by atoms with van der Waals surface area (Å²) in [4.78, 5) is 13.5. The number of likely N-dealkylation sites (N-methyl/N-ethyl adjacent to an activating group) is 1. The van der Waals surface area contributed by atoms with Crippen molar-refractivity contribution in [2.24, 2.45) is 0 Å². The van der Waals surface area contributed by atoms with Gasteiger partial charge < -0.3 is 20.3 Å². The Morgan fingerprint density at radius 1 is 1.47 bits per heavy atom. The van der Waals surface area contributed by atoms with Gasteiger partial charge in [0.05, 0.1) is 0 Å². The number of alkyl carbamates (subject to hydrolysis) is 1. The molecule has 88 valence electrons. The lowest BCUT2D eigenvalue weighted by Crippen LogP contribution is -2.51. The number of carbonyl (C=O) groups excluding carboxylic acids is 1. The number of nitrogens with zero attached hydrogens (tertiary/aromatic N) is 1. The molecule has 15 heavy (non-hydrogen) atoms. The summed E-state index contributed by atoms with van der Waals surface area (Å²) in [6, 6.07) is 0. The molecule has 0 aromatic heterocycles. The summed E-state index contributed by atoms with van der Waals surface area (Å²) in [5, 5.41) is 5.80. The predicted octanol–water partition coefficient (Wildman–Crippen LogP) is 0.0262. The Kier molecular flexibility index (Phi) is 5.42. The first-order chi connectivity index (χ1) is 7.26. The molecule has 0 saturated carbocycles. The van der Waals surface area contributed by atoms with E-state index in [0.29, 0.717) is 6.54 Å². The maximum Gasteiger partial charge on any atom is 0.407 e. The average Bonchev–Trinajstić information content (AvgIpc) is 2.18. The zero-order valence-electron chi connectivity index (χ0n) is 9.58. The molecule has 0 aliphatic carbocycles. The molecule has 1 fully saturated rings. The molecule has 1 rings (SSSR count). The van der Waals surface area contributed by atoms with E-state index in [2.05, 4.69) is 29.4 Å². The standard InChI is InChI=1S/C10H21N3O2/c1-3-13(4-2)6-5-12-10(14)15-9-7-11-8-9/h9,11H,3-8H2,1-2H3,(H,12,14). The largest absolute Gasteiger partial charge is 0.444 e. The zero-order chi connectivity index (χ0) is 11.1. The van der Waals surface area contributed by atoms with E-state index in [1.165, 1.54) is 0 Å². The van der Waals surface area contributed by atoms with Crippen LogP contribution < -0.4 is 10.6 Å². The third-order valence-electron chi connectivity index (χ3n) is 2.61. The normalized spacial score (nSPS) is 16.2. The molecule has 5 heteroatoms. The average molecular weight is 215 g/mol. The fourth-order valence-corrected chi connectivity index (χ4v) is 1.39. The molecule has 0 unspecified atom stereocenters. The van der Waals surface area contributed by atoms with E-state index in [0.717, 1.165) is 32.7 Å². The van der Waals surface area contributed by atoms with Gasteiger partial charge in [-0.2, -0.15) is 0 Å². The highest BCUT2D eigenvalue weighted by molar-refractivity contribution is 5.67. The van der Waals surface area contributed by atoms with Crippen LogP contribution in [0.4, 0.5) is 4.79 Å². The van der Waals surface area contributed by atoms with Crippen molar-refractivity contribution >= 4 is 6.09 Å². The van der Waals surface area contributed by atoms with Gasteiger partial charge in [0.2, 0.25) is 0 Å². The van der Waals surface area contributed by atoms with Crippen LogP contribution in [0.5, 0.6) is 0 Å². The molecule has 1 aliphatic heterocycles. The number of hydrogen-bond donors (Lipinski definition) is 2. The highest BCUT2D eigenvalue weighted by Crippen LogP contribution is 1.97. The van der Waals surface area contributed by atoms with E-state index < -0.39 is 0 Å². The zero-order valence-corrected chi connectivity index (χ0v) is 9.58. The Labute approximate surface area is 91.2 Å². The van der Waals surface area contributed by atoms with E-state index >= 15 is 0 Å². The van der Waals surface area contributed by atoms with E-state index in [9.17, 15) is 4.79 Å². The van der Waals surface area contributed by atoms with Gasteiger partial charge in [0.25, 0.3) is 0 Å². The lowest BCUT2D eigenvalue weighted by molar-refractivity contribution is 0.0666. The summed E-state index contributed by atoms with van der Waals surface area (Å²) in [7, 11) is 0. The molecule has 1 saturated heterocycles. The number of nitrogens with one attached hydrogen (secondary N) is 2. The van der Waals surface area contributed by atoms with Gasteiger partial charge in [-0.25, -0.2) is 4.79 Å². The van der Waals surface area contributed by atoms with Crippen LogP contribution in [0, 0.1) is 0 Å². The highest BCUT2D eigenvalue weighted by Gasteiger charge is 2.20. The first-order valence-electron chi connectivity index (χ1n) is 5.63. The van der Waals surface area contributed by atoms with Gasteiger partial charge in [0.15, 0.2) is 0 Å². The quantitative estimate of drug-likeness (QED) is 0.656. The monoisotopic (exact) mass is 215 g/mol. The van der Waals surface area contributed by atoms with E-state index in [1.807, 2.05) is 0 Å². The number of hydrogen-bond acceptors (Lipinski definition) is 4. The van der Waals surface area contributed by atoms with Gasteiger partial charge in [-0.1, -0.05) is 13.8 Å². The van der Waals surface area contributed by atoms with Crippen LogP contribution in [-0.4, -0.2) is 56.4 Å². The van der Waals surface area contributed by atoms with Gasteiger partial charge in [-0.3, -0.25) is 0 Å². The Bertz CT molecular complexity index is 191. The lowest BCUT2D eigenvalue weighted by atomic mass is 10.2. The molecule has 0 radical (unpaired) electrons. The molecule has 0 aromatic carbocycles. The molecular weight excluding hydrogens is 194 g/mol. The van der Waals surface area contributed by atoms with Crippen LogP contribution in [0.15, 0.2) is 0 Å². The third-order valence-corrected chi connectivity index (χ3v) is 2.61. The summed E-state index contributed by atoms with van der Waals surface area (Å²) in [6.07, 6.45) is -0.230. The van der Waals surface area contributed by atoms with Crippen molar-refractivity contribution < 1.29 is 9.53 Å². The number of rotatable bonds is 6. The second-order valence-corrected chi connectivity index (χ2v) is 3.64. The Hall–Kier alpha value is -0.810. The molecule has 1 heterocycles. The van der Waals surface area contributed by atoms with Crippen molar-refractivity contribution in [2.45, 2.75) is 20.0 Å². The fraction of sp³-hybridized carbons (Fsp3) is 0.900. The van der Waals surface area contributed by atoms with Crippen molar-refractivity contribution in [2.75, 3.05) is 39.3 Å². The van der Waals surface area contributed by atoms with E-state index in [-0.39, 0.29) is 12.2 Å². The topological polar surface area (TPSA) is 53.6 Å². The fourth-order valence-electron chi connectivity index (χ4n) is 1.39. The summed E-state index contributed by atoms with van der Waals surface area (Å²) >= 11 is 0. The maximum absolute atomic E-state index is 11.2. The Morgan fingerprint density at radius 2 is 2.13 bits per heavy atom. The molecule has 1 aliphatic rings. The molecule has 1 amide bonds. The van der Waals surface area contributed by atoms with Crippen LogP contribution >= 0.6 is 0 Å². The lowest BCUT2D eigenvalue weighted by Gasteiger charge is -2.26. The molecule has 0 atom stereocenters. The molecule has 5 nitrogen and oxygen atoms in total. The summed E-state index contributed by atoms with van der Waals surface area (Å²) in [5.41, 5.74) is 0. The van der Waals surface area contributed by atoms with Crippen LogP contribution in [0.25, 0.3) is 0 Å². The van der Waals surface area contributed by atoms with Crippen LogP contribution in [0.2, 0.25) is 0 Å². The first-order valence-corrected chi connectivity index (χ1v) is 5.63. The Morgan fingerprint density at radius 3 is 2.60 bits per heavy atom. The van der Waals surface area contributed by atoms with Crippen molar-refractivity contribution in [1.29, 1.82) is 0 Å². The van der Waals surface area contributed by atoms with Crippen LogP contribution in [0.1, 0.15) is 13.8 Å². The summed E-state index contributed by atoms with van der Waals surface area (Å²) < 4.78 is 5.10. The van der Waals surface area contributed by atoms with Gasteiger partial charge in [0, 0.05) is 26.2 Å². The molecule has 0 spiro atoms. The number of amides is 1. The predicted molar refractivity (Wildman–Crippen MR) is 58.9 cm³/mol. The smallest absolute Gasteiger partial charge is 0.407 e. The maximum atomic E-state index is 11.2. The minimum Gasteiger partial charge on any atom is -0.444 e. The Balaban J connectivity index is 2.00. The van der Waals surface area contributed by atoms with Gasteiger partial charge in [-0.15, -0.1) is 0 Å². The van der Waals surface area contributed by atoms with Gasteiger partial charge in [0.1, 0.15) is 6.10 Å². The van der Waals surface area contributed by atoms with Crippen LogP contribution in [0.3, 0.4) is 0 Å². The van der Waals surface area contributed by atoms with Crippen molar-refractivity contribution in [3.63, 3.8) is 0 Å². The number of carbonyl (C=O) groups is 1. The molecular formula is C10H21N3O2. The second-order valence-electron chi connectivity index (χ2n) is 3.64. The molecule has 0 bridgehead atoms. The van der Waals surface area contributed by atoms with E-state index in [1.54, 1.807) is 0 Å². The first kappa shape index (κ1) is 12.3. The minimum absolute atomic E-state index is 0.0680. The summed E-state index contributed by atoms with van der Waals surface area (Å²) in [5.74, 6) is 0. The van der Waals surface area contributed by atoms with Crippen molar-refractivity contribution in [3.8, 4) is 0 Å². The minimum atomic E-state index is -0.298. The van der Waals surface area contributed by atoms with Crippen LogP contribution in [-0.2, 0) is 4.74 Å². The second kappa shape index (κ2) is 6.63. The third kappa shape index (κ3) is 4.48. The number of ether oxygens (including phenoxy) is 1. The van der Waals surface area contributed by atoms with Gasteiger partial charge in [-0.05, 0) is 13.1 Å². The van der Waals surface area contributed by atoms with Crippen molar-refractivity contribution in [1.82, 2.24) is 15.5 Å². The van der Waals surface area contributed by atoms with E-state index in [4.69, 9.17) is 4.74 Å². The summed E-state index contributed by atoms with van der Waals surface area (Å²) in [6.45, 7) is 9.35. The van der Waals surface area contributed by atoms with Gasteiger partial charge >= 0.3 is 6.09 Å². The van der Waals surface area contributed by atoms with Crippen molar-refractivity contribution in [3.05, 3.63) is 0 Å². The SMILES string of the molecule is CCN(CC)CCNC(=O)OC1CNC1.